The number of hydrogen-bond acceptors (Lipinski definition) is 6. The third-order valence-corrected chi connectivity index (χ3v) is 5.86. The second-order valence-electron chi connectivity index (χ2n) is 6.07. The smallest absolute Gasteiger partial charge is 0.160 e. The van der Waals surface area contributed by atoms with E-state index in [1.165, 1.54) is 11.1 Å². The second-order valence-corrected chi connectivity index (χ2v) is 7.65. The molecule has 2 heterocycles. The maximum absolute atomic E-state index is 5.55. The van der Waals surface area contributed by atoms with Gasteiger partial charge >= 0.3 is 0 Å². The van der Waals surface area contributed by atoms with E-state index in [-0.39, 0.29) is 0 Å². The quantitative estimate of drug-likeness (QED) is 0.672. The summed E-state index contributed by atoms with van der Waals surface area (Å²) in [7, 11) is 3.31. The molecule has 26 heavy (non-hydrogen) atoms. The van der Waals surface area contributed by atoms with Crippen LogP contribution in [-0.2, 0) is 13.0 Å². The van der Waals surface area contributed by atoms with E-state index in [1.807, 2.05) is 24.4 Å². The van der Waals surface area contributed by atoms with Gasteiger partial charge in [-0.2, -0.15) is 0 Å². The molecular weight excluding hydrogens is 366 g/mol. The summed E-state index contributed by atoms with van der Waals surface area (Å²) in [5.41, 5.74) is 2.43. The maximum Gasteiger partial charge on any atom is 0.160 e. The molecule has 1 aliphatic heterocycles. The van der Waals surface area contributed by atoms with E-state index >= 15 is 0 Å². The molecule has 1 aromatic carbocycles. The molecule has 0 amide bonds. The van der Waals surface area contributed by atoms with Gasteiger partial charge in [-0.15, -0.1) is 0 Å². The highest BCUT2D eigenvalue weighted by Gasteiger charge is 2.21. The largest absolute Gasteiger partial charge is 0.493 e. The van der Waals surface area contributed by atoms with Crippen molar-refractivity contribution in [2.45, 2.75) is 13.0 Å². The highest BCUT2D eigenvalue weighted by atomic mass is 32.2. The number of benzene rings is 1. The molecule has 0 atom stereocenters. The average Bonchev–Trinajstić information content (AvgIpc) is 2.69. The molecule has 0 saturated carbocycles. The van der Waals surface area contributed by atoms with Crippen LogP contribution in [0.2, 0.25) is 0 Å². The van der Waals surface area contributed by atoms with Crippen molar-refractivity contribution in [1.82, 2.24) is 14.8 Å². The van der Waals surface area contributed by atoms with Gasteiger partial charge in [-0.1, -0.05) is 36.1 Å². The van der Waals surface area contributed by atoms with Crippen molar-refractivity contribution in [3.63, 3.8) is 0 Å². The lowest BCUT2D eigenvalue weighted by Crippen LogP contribution is -2.45. The Kier molecular flexibility index (Phi) is 6.71. The van der Waals surface area contributed by atoms with Crippen LogP contribution in [-0.4, -0.2) is 52.4 Å². The van der Waals surface area contributed by atoms with Crippen LogP contribution in [0.5, 0.6) is 11.5 Å². The Morgan fingerprint density at radius 2 is 2.00 bits per heavy atom. The average molecular weight is 390 g/mol. The Bertz CT molecular complexity index is 743. The predicted octanol–water partition coefficient (Wildman–Crippen LogP) is 3.39. The van der Waals surface area contributed by atoms with Crippen molar-refractivity contribution in [3.05, 3.63) is 53.9 Å². The fourth-order valence-corrected chi connectivity index (χ4v) is 3.99. The van der Waals surface area contributed by atoms with Crippen LogP contribution < -0.4 is 9.47 Å². The molecule has 0 spiro atoms. The number of methoxy groups -OCH3 is 2. The van der Waals surface area contributed by atoms with Crippen LogP contribution in [0.1, 0.15) is 11.1 Å². The molecular formula is C19H23N3O2S2. The molecule has 0 N–H and O–H groups in total. The summed E-state index contributed by atoms with van der Waals surface area (Å²) in [6.45, 7) is 2.61. The third kappa shape index (κ3) is 4.87. The summed E-state index contributed by atoms with van der Waals surface area (Å²) in [6, 6.07) is 10.2. The van der Waals surface area contributed by atoms with Crippen LogP contribution in [0.15, 0.2) is 42.7 Å². The summed E-state index contributed by atoms with van der Waals surface area (Å²) in [6.07, 6.45) is 4.63. The molecule has 1 saturated heterocycles. The van der Waals surface area contributed by atoms with Gasteiger partial charge in [0.1, 0.15) is 4.32 Å². The minimum atomic E-state index is 0.753. The van der Waals surface area contributed by atoms with Gasteiger partial charge in [-0.3, -0.25) is 9.88 Å². The molecule has 138 valence electrons. The van der Waals surface area contributed by atoms with Crippen LogP contribution in [0, 0.1) is 0 Å². The van der Waals surface area contributed by atoms with E-state index in [1.54, 1.807) is 32.2 Å². The van der Waals surface area contributed by atoms with E-state index in [2.05, 4.69) is 26.9 Å². The molecule has 0 bridgehead atoms. The van der Waals surface area contributed by atoms with Crippen molar-refractivity contribution in [3.8, 4) is 11.5 Å². The Balaban J connectivity index is 1.58. The van der Waals surface area contributed by atoms with Gasteiger partial charge in [0.25, 0.3) is 0 Å². The lowest BCUT2D eigenvalue weighted by atomic mass is 10.1. The molecule has 1 aromatic heterocycles. The van der Waals surface area contributed by atoms with Gasteiger partial charge in [0.15, 0.2) is 11.5 Å². The summed E-state index contributed by atoms with van der Waals surface area (Å²) < 4.78 is 11.7. The molecule has 1 fully saturated rings. The second kappa shape index (κ2) is 9.21. The van der Waals surface area contributed by atoms with Crippen molar-refractivity contribution in [1.29, 1.82) is 0 Å². The van der Waals surface area contributed by atoms with Crippen molar-refractivity contribution in [2.75, 3.05) is 33.3 Å². The molecule has 7 heteroatoms. The number of aromatic nitrogens is 1. The Morgan fingerprint density at radius 1 is 1.15 bits per heavy atom. The lowest BCUT2D eigenvalue weighted by molar-refractivity contribution is 0.206. The number of thiocarbonyl (C=S) groups is 1. The van der Waals surface area contributed by atoms with E-state index in [4.69, 9.17) is 21.7 Å². The van der Waals surface area contributed by atoms with Gasteiger partial charge in [0, 0.05) is 25.5 Å². The minimum Gasteiger partial charge on any atom is -0.493 e. The molecule has 3 rings (SSSR count). The van der Waals surface area contributed by atoms with E-state index < -0.39 is 0 Å². The summed E-state index contributed by atoms with van der Waals surface area (Å²) in [5, 5.41) is 0. The Hall–Kier alpha value is -1.83. The molecule has 5 nitrogen and oxygen atoms in total. The van der Waals surface area contributed by atoms with Gasteiger partial charge in [-0.05, 0) is 35.7 Å². The summed E-state index contributed by atoms with van der Waals surface area (Å²) in [4.78, 5) is 8.84. The first-order chi connectivity index (χ1) is 12.7. The van der Waals surface area contributed by atoms with E-state index in [0.717, 1.165) is 47.9 Å². The fraction of sp³-hybridized carbons (Fsp3) is 0.368. The monoisotopic (exact) mass is 389 g/mol. The number of hydrogen-bond donors (Lipinski definition) is 0. The topological polar surface area (TPSA) is 37.8 Å². The highest BCUT2D eigenvalue weighted by molar-refractivity contribution is 8.22. The van der Waals surface area contributed by atoms with Crippen LogP contribution in [0.4, 0.5) is 0 Å². The molecule has 0 radical (unpaired) electrons. The van der Waals surface area contributed by atoms with Gasteiger partial charge in [-0.25, -0.2) is 0 Å². The SMILES string of the molecule is COc1ccc(CCN2CN(Cc3cccnc3)CSC2=S)cc1OC. The number of ether oxygens (including phenoxy) is 2. The Labute approximate surface area is 164 Å². The lowest BCUT2D eigenvalue weighted by Gasteiger charge is -2.36. The van der Waals surface area contributed by atoms with Gasteiger partial charge in [0.2, 0.25) is 0 Å². The molecule has 0 unspecified atom stereocenters. The van der Waals surface area contributed by atoms with Crippen molar-refractivity contribution >= 4 is 28.3 Å². The fourth-order valence-electron chi connectivity index (χ4n) is 2.89. The first-order valence-electron chi connectivity index (χ1n) is 8.43. The number of nitrogens with zero attached hydrogens (tertiary/aromatic N) is 3. The zero-order valence-corrected chi connectivity index (χ0v) is 16.7. The summed E-state index contributed by atoms with van der Waals surface area (Å²) >= 11 is 7.27. The maximum atomic E-state index is 5.55. The van der Waals surface area contributed by atoms with Gasteiger partial charge in [0.05, 0.1) is 26.8 Å². The predicted molar refractivity (Wildman–Crippen MR) is 110 cm³/mol. The van der Waals surface area contributed by atoms with E-state index in [9.17, 15) is 0 Å². The van der Waals surface area contributed by atoms with Crippen LogP contribution >= 0.6 is 24.0 Å². The standard InChI is InChI=1S/C19H23N3O2S2/c1-23-17-6-5-15(10-18(17)24-2)7-9-22-13-21(14-26-19(22)25)12-16-4-3-8-20-11-16/h3-6,8,10-11H,7,9,12-14H2,1-2H3. The highest BCUT2D eigenvalue weighted by Crippen LogP contribution is 2.28. The van der Waals surface area contributed by atoms with Crippen molar-refractivity contribution < 1.29 is 9.47 Å². The third-order valence-electron chi connectivity index (χ3n) is 4.25. The zero-order chi connectivity index (χ0) is 18.4. The zero-order valence-electron chi connectivity index (χ0n) is 15.1. The van der Waals surface area contributed by atoms with Crippen LogP contribution in [0.25, 0.3) is 0 Å². The molecule has 0 aliphatic carbocycles. The van der Waals surface area contributed by atoms with E-state index in [0.29, 0.717) is 0 Å². The van der Waals surface area contributed by atoms with Crippen LogP contribution in [0.3, 0.4) is 0 Å². The minimum absolute atomic E-state index is 0.753. The molecule has 1 aliphatic rings. The normalized spacial score (nSPS) is 15.2. The number of pyridine rings is 1. The molecule has 2 aromatic rings. The van der Waals surface area contributed by atoms with Gasteiger partial charge < -0.3 is 14.4 Å². The first-order valence-corrected chi connectivity index (χ1v) is 9.83. The number of rotatable bonds is 7. The van der Waals surface area contributed by atoms with Crippen molar-refractivity contribution in [2.24, 2.45) is 0 Å². The number of thioether (sulfide) groups is 1. The Morgan fingerprint density at radius 3 is 2.73 bits per heavy atom. The first kappa shape index (κ1) is 18.9. The summed E-state index contributed by atoms with van der Waals surface area (Å²) in [5.74, 6) is 2.43.